The lowest BCUT2D eigenvalue weighted by Crippen LogP contribution is -2.10. The number of alkyl halides is 6. The minimum Gasteiger partial charge on any atom is -0.410 e. The Bertz CT molecular complexity index is 1560. The molecular formula is C28H15F10NO2. The predicted molar refractivity (Wildman–Crippen MR) is 126 cm³/mol. The second kappa shape index (κ2) is 12.2. The van der Waals surface area contributed by atoms with E-state index in [2.05, 4.69) is 5.16 Å². The van der Waals surface area contributed by atoms with Crippen LogP contribution in [0.15, 0.2) is 90.1 Å². The van der Waals surface area contributed by atoms with Gasteiger partial charge in [0.25, 0.3) is 0 Å². The van der Waals surface area contributed by atoms with Crippen molar-refractivity contribution < 1.29 is 53.9 Å². The van der Waals surface area contributed by atoms with E-state index in [4.69, 9.17) is 5.21 Å². The number of hydrogen-bond donors (Lipinski definition) is 1. The Morgan fingerprint density at radius 3 is 1.32 bits per heavy atom. The van der Waals surface area contributed by atoms with E-state index >= 15 is 0 Å². The first-order valence-electron chi connectivity index (χ1n) is 11.1. The van der Waals surface area contributed by atoms with Crippen molar-refractivity contribution in [3.8, 4) is 0 Å². The first-order valence-corrected chi connectivity index (χ1v) is 11.1. The number of nitrogens with zero attached hydrogens (tertiary/aromatic N) is 1. The molecule has 0 saturated heterocycles. The number of benzene rings is 4. The molecule has 0 spiro atoms. The number of carbonyl (C=O) groups is 1. The van der Waals surface area contributed by atoms with Gasteiger partial charge in [0.1, 0.15) is 29.0 Å². The van der Waals surface area contributed by atoms with Crippen LogP contribution in [0.5, 0.6) is 0 Å². The van der Waals surface area contributed by atoms with Crippen molar-refractivity contribution in [3.05, 3.63) is 142 Å². The maximum atomic E-state index is 13.3. The lowest BCUT2D eigenvalue weighted by molar-refractivity contribution is -0.138. The van der Waals surface area contributed by atoms with Gasteiger partial charge in [-0.15, -0.1) is 0 Å². The summed E-state index contributed by atoms with van der Waals surface area (Å²) in [5, 5.41) is 11.9. The fraction of sp³-hybridized carbons (Fsp3) is 0.0714. The molecule has 4 rings (SSSR count). The molecule has 0 atom stereocenters. The highest BCUT2D eigenvalue weighted by Gasteiger charge is 2.33. The van der Waals surface area contributed by atoms with Crippen LogP contribution in [0, 0.1) is 23.3 Å². The molecule has 0 unspecified atom stereocenters. The van der Waals surface area contributed by atoms with Gasteiger partial charge in [-0.1, -0.05) is 5.16 Å². The summed E-state index contributed by atoms with van der Waals surface area (Å²) in [5.41, 5.74) is -3.33. The van der Waals surface area contributed by atoms with Gasteiger partial charge in [0.15, 0.2) is 5.78 Å². The van der Waals surface area contributed by atoms with Gasteiger partial charge in [0.2, 0.25) is 0 Å². The zero-order chi connectivity index (χ0) is 30.5. The van der Waals surface area contributed by atoms with Gasteiger partial charge in [0.05, 0.1) is 11.1 Å². The predicted octanol–water partition coefficient (Wildman–Crippen LogP) is 8.42. The summed E-state index contributed by atoms with van der Waals surface area (Å²) in [7, 11) is 0. The molecular weight excluding hydrogens is 572 g/mol. The number of oxime groups is 1. The zero-order valence-electron chi connectivity index (χ0n) is 20.2. The third kappa shape index (κ3) is 8.16. The molecule has 0 aliphatic heterocycles. The Labute approximate surface area is 225 Å². The van der Waals surface area contributed by atoms with Gasteiger partial charge in [-0.25, -0.2) is 17.6 Å². The highest BCUT2D eigenvalue weighted by Crippen LogP contribution is 2.32. The molecule has 0 radical (unpaired) electrons. The van der Waals surface area contributed by atoms with Gasteiger partial charge >= 0.3 is 12.4 Å². The summed E-state index contributed by atoms with van der Waals surface area (Å²) >= 11 is 0. The fourth-order valence-electron chi connectivity index (χ4n) is 3.43. The van der Waals surface area contributed by atoms with Crippen molar-refractivity contribution in [2.24, 2.45) is 5.16 Å². The molecule has 1 N–H and O–H groups in total. The third-order valence-corrected chi connectivity index (χ3v) is 5.31. The number of hydrogen-bond acceptors (Lipinski definition) is 3. The standard InChI is InChI=1S/C14H8F5NO.C14H7F5O/c15-11-3-1-8(2-4-11)13(20-21)9-5-10(14(17,18)19)7-12(16)6-9;15-11-3-1-8(2-4-11)13(20)9-5-10(14(17,18)19)7-12(16)6-9/h1-7,21H;1-7H. The molecule has 41 heavy (non-hydrogen) atoms. The normalized spacial score (nSPS) is 12.0. The topological polar surface area (TPSA) is 49.7 Å². The third-order valence-electron chi connectivity index (χ3n) is 5.31. The molecule has 4 aromatic carbocycles. The van der Waals surface area contributed by atoms with Crippen molar-refractivity contribution in [1.82, 2.24) is 0 Å². The molecule has 0 saturated carbocycles. The Morgan fingerprint density at radius 1 is 0.512 bits per heavy atom. The van der Waals surface area contributed by atoms with Crippen LogP contribution in [-0.4, -0.2) is 16.7 Å². The molecule has 3 nitrogen and oxygen atoms in total. The van der Waals surface area contributed by atoms with Gasteiger partial charge in [-0.2, -0.15) is 26.3 Å². The number of rotatable bonds is 4. The van der Waals surface area contributed by atoms with E-state index in [0.717, 1.165) is 42.5 Å². The molecule has 0 bridgehead atoms. The monoisotopic (exact) mass is 587 g/mol. The van der Waals surface area contributed by atoms with Crippen molar-refractivity contribution in [2.45, 2.75) is 12.4 Å². The molecule has 13 heteroatoms. The van der Waals surface area contributed by atoms with Gasteiger partial charge < -0.3 is 5.21 Å². The quantitative estimate of drug-likeness (QED) is 0.0857. The van der Waals surface area contributed by atoms with Crippen molar-refractivity contribution in [1.29, 1.82) is 0 Å². The highest BCUT2D eigenvalue weighted by atomic mass is 19.4. The molecule has 0 amide bonds. The van der Waals surface area contributed by atoms with E-state index in [1.54, 1.807) is 0 Å². The maximum absolute atomic E-state index is 13.3. The van der Waals surface area contributed by atoms with E-state index in [1.165, 1.54) is 12.1 Å². The summed E-state index contributed by atoms with van der Waals surface area (Å²) in [4.78, 5) is 11.9. The molecule has 4 aromatic rings. The molecule has 0 fully saturated rings. The summed E-state index contributed by atoms with van der Waals surface area (Å²) in [6.45, 7) is 0. The average molecular weight is 587 g/mol. The van der Waals surface area contributed by atoms with Gasteiger partial charge in [-0.3, -0.25) is 4.79 Å². The summed E-state index contributed by atoms with van der Waals surface area (Å²) < 4.78 is 128. The van der Waals surface area contributed by atoms with Crippen molar-refractivity contribution in [3.63, 3.8) is 0 Å². The minimum atomic E-state index is -4.75. The second-order valence-corrected chi connectivity index (χ2v) is 8.24. The van der Waals surface area contributed by atoms with Crippen LogP contribution in [0.2, 0.25) is 0 Å². The SMILES string of the molecule is O=C(c1ccc(F)cc1)c1cc(F)cc(C(F)(F)F)c1.ON=C(c1ccc(F)cc1)c1cc(F)cc(C(F)(F)F)c1. The maximum Gasteiger partial charge on any atom is 0.416 e. The molecule has 0 aromatic heterocycles. The van der Waals surface area contributed by atoms with Crippen LogP contribution in [0.4, 0.5) is 43.9 Å². The smallest absolute Gasteiger partial charge is 0.410 e. The molecule has 0 aliphatic carbocycles. The number of carbonyl (C=O) groups excluding carboxylic acids is 1. The van der Waals surface area contributed by atoms with Crippen LogP contribution < -0.4 is 0 Å². The summed E-state index contributed by atoms with van der Waals surface area (Å²) in [5.74, 6) is -4.24. The Kier molecular flexibility index (Phi) is 9.21. The highest BCUT2D eigenvalue weighted by molar-refractivity contribution is 6.12. The average Bonchev–Trinajstić information content (AvgIpc) is 2.89. The largest absolute Gasteiger partial charge is 0.416 e. The van der Waals surface area contributed by atoms with Crippen LogP contribution in [0.3, 0.4) is 0 Å². The molecule has 214 valence electrons. The first kappa shape index (κ1) is 30.9. The van der Waals surface area contributed by atoms with Crippen LogP contribution in [0.25, 0.3) is 0 Å². The van der Waals surface area contributed by atoms with Crippen LogP contribution >= 0.6 is 0 Å². The summed E-state index contributed by atoms with van der Waals surface area (Å²) in [6.07, 6.45) is -9.49. The van der Waals surface area contributed by atoms with Crippen molar-refractivity contribution >= 4 is 11.5 Å². The van der Waals surface area contributed by atoms with E-state index in [0.29, 0.717) is 30.3 Å². The first-order chi connectivity index (χ1) is 19.1. The second-order valence-electron chi connectivity index (χ2n) is 8.24. The lowest BCUT2D eigenvalue weighted by atomic mass is 10.00. The van der Waals surface area contributed by atoms with E-state index in [9.17, 15) is 48.7 Å². The Balaban J connectivity index is 0.000000226. The number of ketones is 1. The number of halogens is 10. The lowest BCUT2D eigenvalue weighted by Gasteiger charge is -2.10. The zero-order valence-corrected chi connectivity index (χ0v) is 20.2. The summed E-state index contributed by atoms with van der Waals surface area (Å²) in [6, 6.07) is 12.1. The van der Waals surface area contributed by atoms with Crippen molar-refractivity contribution in [2.75, 3.05) is 0 Å². The fourth-order valence-corrected chi connectivity index (χ4v) is 3.43. The van der Waals surface area contributed by atoms with Gasteiger partial charge in [-0.05, 0) is 84.9 Å². The Morgan fingerprint density at radius 2 is 0.902 bits per heavy atom. The van der Waals surface area contributed by atoms with E-state index in [1.807, 2.05) is 0 Å². The van der Waals surface area contributed by atoms with E-state index < -0.39 is 58.1 Å². The van der Waals surface area contributed by atoms with Crippen LogP contribution in [0.1, 0.15) is 38.2 Å². The van der Waals surface area contributed by atoms with Gasteiger partial charge in [0, 0.05) is 22.3 Å². The molecule has 0 heterocycles. The van der Waals surface area contributed by atoms with Crippen LogP contribution in [-0.2, 0) is 12.4 Å². The van der Waals surface area contributed by atoms with E-state index in [-0.39, 0.29) is 22.4 Å². The minimum absolute atomic E-state index is 0.0230. The Hall–Kier alpha value is -4.68. The molecule has 0 aliphatic rings.